The van der Waals surface area contributed by atoms with Crippen LogP contribution in [0.25, 0.3) is 5.65 Å². The molecule has 148 valence electrons. The van der Waals surface area contributed by atoms with Gasteiger partial charge in [0.05, 0.1) is 25.3 Å². The van der Waals surface area contributed by atoms with E-state index in [1.807, 2.05) is 6.07 Å². The molecule has 0 radical (unpaired) electrons. The topological polar surface area (TPSA) is 140 Å². The van der Waals surface area contributed by atoms with Crippen LogP contribution in [0, 0.1) is 11.3 Å². The highest BCUT2D eigenvalue weighted by atomic mass is 16.5. The Hall–Kier alpha value is -3.71. The number of ether oxygens (including phenoxy) is 2. The minimum Gasteiger partial charge on any atom is -0.486 e. The van der Waals surface area contributed by atoms with Gasteiger partial charge in [-0.25, -0.2) is 9.50 Å². The summed E-state index contributed by atoms with van der Waals surface area (Å²) in [6.45, 7) is 1.24. The van der Waals surface area contributed by atoms with Crippen molar-refractivity contribution in [3.8, 4) is 11.8 Å². The maximum Gasteiger partial charge on any atom is 0.263 e. The summed E-state index contributed by atoms with van der Waals surface area (Å²) in [6.07, 6.45) is 8.17. The van der Waals surface area contributed by atoms with Gasteiger partial charge < -0.3 is 20.5 Å². The molecule has 1 atom stereocenters. The highest BCUT2D eigenvalue weighted by Crippen LogP contribution is 2.27. The fourth-order valence-corrected chi connectivity index (χ4v) is 3.14. The van der Waals surface area contributed by atoms with Crippen LogP contribution in [0.15, 0.2) is 30.9 Å². The van der Waals surface area contributed by atoms with E-state index in [0.717, 1.165) is 19.4 Å². The van der Waals surface area contributed by atoms with E-state index >= 15 is 0 Å². The van der Waals surface area contributed by atoms with Gasteiger partial charge >= 0.3 is 0 Å². The maximum atomic E-state index is 12.9. The number of carbonyl (C=O) groups excluding carboxylic acids is 1. The molecule has 3 aromatic rings. The van der Waals surface area contributed by atoms with Gasteiger partial charge in [0.1, 0.15) is 23.1 Å². The van der Waals surface area contributed by atoms with Gasteiger partial charge in [-0.1, -0.05) is 0 Å². The third-order valence-electron chi connectivity index (χ3n) is 4.50. The molecule has 10 nitrogen and oxygen atoms in total. The zero-order valence-electron chi connectivity index (χ0n) is 15.5. The number of nitriles is 1. The Morgan fingerprint density at radius 2 is 2.38 bits per heavy atom. The molecule has 4 heterocycles. The summed E-state index contributed by atoms with van der Waals surface area (Å²) in [6, 6.07) is 3.73. The Morgan fingerprint density at radius 3 is 3.17 bits per heavy atom. The fraction of sp³-hybridized carbons (Fsp3) is 0.316. The minimum atomic E-state index is -0.476. The minimum absolute atomic E-state index is 0.0381. The summed E-state index contributed by atoms with van der Waals surface area (Å²) in [5.41, 5.74) is 7.49. The number of hydrogen-bond donors (Lipinski definition) is 2. The predicted molar refractivity (Wildman–Crippen MR) is 103 cm³/mol. The molecule has 0 aliphatic carbocycles. The molecule has 10 heteroatoms. The number of pyridine rings is 1. The normalized spacial score (nSPS) is 16.3. The maximum absolute atomic E-state index is 12.9. The number of carbonyl (C=O) groups is 1. The van der Waals surface area contributed by atoms with Crippen LogP contribution in [-0.4, -0.2) is 44.8 Å². The van der Waals surface area contributed by atoms with Gasteiger partial charge in [0.15, 0.2) is 11.5 Å². The molecule has 1 amide bonds. The smallest absolute Gasteiger partial charge is 0.263 e. The van der Waals surface area contributed by atoms with Gasteiger partial charge in [-0.3, -0.25) is 9.78 Å². The molecule has 1 fully saturated rings. The lowest BCUT2D eigenvalue weighted by Gasteiger charge is -2.24. The zero-order chi connectivity index (χ0) is 20.2. The average Bonchev–Trinajstić information content (AvgIpc) is 3.05. The summed E-state index contributed by atoms with van der Waals surface area (Å²) in [7, 11) is 0. The van der Waals surface area contributed by atoms with E-state index in [2.05, 4.69) is 20.4 Å². The van der Waals surface area contributed by atoms with Crippen molar-refractivity contribution in [1.82, 2.24) is 19.6 Å². The van der Waals surface area contributed by atoms with Crippen LogP contribution < -0.4 is 15.8 Å². The van der Waals surface area contributed by atoms with Crippen LogP contribution in [0.4, 0.5) is 11.5 Å². The van der Waals surface area contributed by atoms with Gasteiger partial charge in [0, 0.05) is 36.8 Å². The molecule has 0 spiro atoms. The molecule has 1 aliphatic heterocycles. The Kier molecular flexibility index (Phi) is 5.22. The molecule has 1 unspecified atom stereocenters. The van der Waals surface area contributed by atoms with Crippen LogP contribution in [-0.2, 0) is 11.2 Å². The van der Waals surface area contributed by atoms with E-state index in [9.17, 15) is 4.79 Å². The van der Waals surface area contributed by atoms with E-state index in [1.165, 1.54) is 16.9 Å². The SMILES string of the molecule is N#CCc1cnc2c(C(=O)Nc3cnccc3OC3CCCOC3)c(N)nn2c1. The first kappa shape index (κ1) is 18.6. The molecule has 1 aliphatic rings. The van der Waals surface area contributed by atoms with E-state index in [4.69, 9.17) is 20.5 Å². The van der Waals surface area contributed by atoms with E-state index < -0.39 is 5.91 Å². The highest BCUT2D eigenvalue weighted by Gasteiger charge is 2.22. The standard InChI is InChI=1S/C19H19N7O3/c20-5-3-12-8-23-18-16(17(21)25-26(18)10-12)19(27)24-14-9-22-6-4-15(14)29-13-2-1-7-28-11-13/h4,6,8-10,13H,1-3,7,11H2,(H2,21,25)(H,24,27). The number of fused-ring (bicyclic) bond motifs is 1. The molecule has 0 aromatic carbocycles. The van der Waals surface area contributed by atoms with Crippen LogP contribution >= 0.6 is 0 Å². The van der Waals surface area contributed by atoms with Gasteiger partial charge in [0.25, 0.3) is 5.91 Å². The largest absolute Gasteiger partial charge is 0.486 e. The average molecular weight is 393 g/mol. The monoisotopic (exact) mass is 393 g/mol. The number of anilines is 2. The van der Waals surface area contributed by atoms with E-state index in [1.54, 1.807) is 18.5 Å². The fourth-order valence-electron chi connectivity index (χ4n) is 3.14. The second-order valence-electron chi connectivity index (χ2n) is 6.61. The Morgan fingerprint density at radius 1 is 1.48 bits per heavy atom. The van der Waals surface area contributed by atoms with Crippen molar-refractivity contribution in [2.24, 2.45) is 0 Å². The number of rotatable bonds is 5. The van der Waals surface area contributed by atoms with Crippen LogP contribution in [0.5, 0.6) is 5.75 Å². The Bertz CT molecular complexity index is 1080. The summed E-state index contributed by atoms with van der Waals surface area (Å²) in [4.78, 5) is 21.2. The molecule has 0 saturated carbocycles. The van der Waals surface area contributed by atoms with Crippen LogP contribution in [0.3, 0.4) is 0 Å². The molecule has 1 saturated heterocycles. The highest BCUT2D eigenvalue weighted by molar-refractivity contribution is 6.11. The molecular formula is C19H19N7O3. The first-order chi connectivity index (χ1) is 14.2. The molecule has 4 rings (SSSR count). The second-order valence-corrected chi connectivity index (χ2v) is 6.61. The quantitative estimate of drug-likeness (QED) is 0.666. The van der Waals surface area contributed by atoms with Crippen molar-refractivity contribution in [2.75, 3.05) is 24.3 Å². The summed E-state index contributed by atoms with van der Waals surface area (Å²) in [5, 5.41) is 15.7. The van der Waals surface area contributed by atoms with Crippen molar-refractivity contribution in [2.45, 2.75) is 25.4 Å². The van der Waals surface area contributed by atoms with Crippen molar-refractivity contribution in [3.63, 3.8) is 0 Å². The second kappa shape index (κ2) is 8.12. The van der Waals surface area contributed by atoms with Gasteiger partial charge in [-0.2, -0.15) is 5.26 Å². The molecule has 3 aromatic heterocycles. The molecule has 0 bridgehead atoms. The lowest BCUT2D eigenvalue weighted by molar-refractivity contribution is 0.00770. The zero-order valence-corrected chi connectivity index (χ0v) is 15.5. The lowest BCUT2D eigenvalue weighted by Crippen LogP contribution is -2.28. The first-order valence-corrected chi connectivity index (χ1v) is 9.15. The number of nitrogens with two attached hydrogens (primary N) is 1. The molecular weight excluding hydrogens is 374 g/mol. The van der Waals surface area contributed by atoms with Crippen molar-refractivity contribution < 1.29 is 14.3 Å². The number of aromatic nitrogens is 4. The number of nitrogens with one attached hydrogen (secondary N) is 1. The summed E-state index contributed by atoms with van der Waals surface area (Å²) in [5.74, 6) is 0.0649. The van der Waals surface area contributed by atoms with Crippen LogP contribution in [0.2, 0.25) is 0 Å². The predicted octanol–water partition coefficient (Wildman–Crippen LogP) is 1.58. The van der Waals surface area contributed by atoms with Crippen molar-refractivity contribution >= 4 is 23.1 Å². The van der Waals surface area contributed by atoms with E-state index in [-0.39, 0.29) is 23.9 Å². The first-order valence-electron chi connectivity index (χ1n) is 9.15. The van der Waals surface area contributed by atoms with E-state index in [0.29, 0.717) is 29.3 Å². The lowest BCUT2D eigenvalue weighted by atomic mass is 10.2. The molecule has 3 N–H and O–H groups in total. The summed E-state index contributed by atoms with van der Waals surface area (Å²) < 4.78 is 12.8. The third kappa shape index (κ3) is 3.95. The molecule has 29 heavy (non-hydrogen) atoms. The van der Waals surface area contributed by atoms with Gasteiger partial charge in [0.2, 0.25) is 0 Å². The van der Waals surface area contributed by atoms with Crippen LogP contribution in [0.1, 0.15) is 28.8 Å². The van der Waals surface area contributed by atoms with Gasteiger partial charge in [-0.15, -0.1) is 5.10 Å². The third-order valence-corrected chi connectivity index (χ3v) is 4.50. The van der Waals surface area contributed by atoms with Crippen molar-refractivity contribution in [3.05, 3.63) is 42.0 Å². The van der Waals surface area contributed by atoms with Crippen molar-refractivity contribution in [1.29, 1.82) is 5.26 Å². The summed E-state index contributed by atoms with van der Waals surface area (Å²) >= 11 is 0. The Labute approximate surface area is 166 Å². The number of hydrogen-bond acceptors (Lipinski definition) is 8. The number of nitrogens with zero attached hydrogens (tertiary/aromatic N) is 5. The number of amides is 1. The Balaban J connectivity index is 1.58. The van der Waals surface area contributed by atoms with Gasteiger partial charge in [-0.05, 0) is 12.8 Å². The number of nitrogen functional groups attached to an aromatic ring is 1.